The Labute approximate surface area is 165 Å². The number of benzene rings is 2. The van der Waals surface area contributed by atoms with Gasteiger partial charge < -0.3 is 19.7 Å². The molecule has 10 heteroatoms. The molecule has 2 rings (SSSR count). The fraction of sp³-hybridized carbons (Fsp3) is 0.222. The molecule has 2 aromatic rings. The highest BCUT2D eigenvalue weighted by Crippen LogP contribution is 2.27. The van der Waals surface area contributed by atoms with Crippen LogP contribution in [-0.2, 0) is 9.59 Å². The van der Waals surface area contributed by atoms with Crippen LogP contribution >= 0.6 is 11.6 Å². The topological polar surface area (TPSA) is 111 Å². The molecule has 0 saturated carbocycles. The first-order valence-electron chi connectivity index (χ1n) is 8.04. The molecule has 0 aliphatic rings. The molecule has 0 bridgehead atoms. The number of amides is 2. The van der Waals surface area contributed by atoms with Gasteiger partial charge in [-0.2, -0.15) is 0 Å². The summed E-state index contributed by atoms with van der Waals surface area (Å²) in [5, 5.41) is 13.8. The zero-order valence-electron chi connectivity index (χ0n) is 15.2. The largest absolute Gasteiger partial charge is 0.495 e. The van der Waals surface area contributed by atoms with Gasteiger partial charge in [-0.15, -0.1) is 0 Å². The number of nitrogens with one attached hydrogen (secondary N) is 1. The van der Waals surface area contributed by atoms with Gasteiger partial charge in [-0.05, 0) is 24.3 Å². The number of nitrogens with zero attached hydrogens (tertiary/aromatic N) is 2. The van der Waals surface area contributed by atoms with Crippen molar-refractivity contribution in [1.29, 1.82) is 0 Å². The van der Waals surface area contributed by atoms with Gasteiger partial charge in [-0.1, -0.05) is 17.7 Å². The van der Waals surface area contributed by atoms with Crippen molar-refractivity contribution in [2.24, 2.45) is 0 Å². The van der Waals surface area contributed by atoms with E-state index in [2.05, 4.69) is 5.32 Å². The van der Waals surface area contributed by atoms with Crippen molar-refractivity contribution >= 4 is 34.8 Å². The second kappa shape index (κ2) is 9.56. The van der Waals surface area contributed by atoms with E-state index in [1.807, 2.05) is 0 Å². The number of nitro groups is 1. The third-order valence-corrected chi connectivity index (χ3v) is 3.87. The summed E-state index contributed by atoms with van der Waals surface area (Å²) in [5.41, 5.74) is 0.238. The highest BCUT2D eigenvalue weighted by molar-refractivity contribution is 6.31. The van der Waals surface area contributed by atoms with E-state index in [-0.39, 0.29) is 24.6 Å². The van der Waals surface area contributed by atoms with Gasteiger partial charge in [0, 0.05) is 18.1 Å². The van der Waals surface area contributed by atoms with Crippen LogP contribution in [-0.4, -0.2) is 48.9 Å². The number of methoxy groups -OCH3 is 1. The lowest BCUT2D eigenvalue weighted by atomic mass is 10.3. The summed E-state index contributed by atoms with van der Waals surface area (Å²) in [6.07, 6.45) is 0. The summed E-state index contributed by atoms with van der Waals surface area (Å²) >= 11 is 5.91. The van der Waals surface area contributed by atoms with Gasteiger partial charge >= 0.3 is 0 Å². The van der Waals surface area contributed by atoms with Crippen LogP contribution in [0, 0.1) is 10.1 Å². The summed E-state index contributed by atoms with van der Waals surface area (Å²) in [7, 11) is 2.90. The van der Waals surface area contributed by atoms with Gasteiger partial charge in [-0.25, -0.2) is 0 Å². The highest BCUT2D eigenvalue weighted by Gasteiger charge is 2.16. The van der Waals surface area contributed by atoms with E-state index in [4.69, 9.17) is 21.1 Å². The SMILES string of the molecule is COc1ccc(Cl)cc1NC(=O)CN(C)C(=O)COc1cccc([N+](=O)[O-])c1. The number of non-ortho nitro benzene ring substituents is 1. The molecule has 0 aromatic heterocycles. The Morgan fingerprint density at radius 2 is 2.00 bits per heavy atom. The number of hydrogen-bond donors (Lipinski definition) is 1. The molecule has 148 valence electrons. The zero-order valence-corrected chi connectivity index (χ0v) is 15.9. The monoisotopic (exact) mass is 407 g/mol. The van der Waals surface area contributed by atoms with Crippen LogP contribution in [0.1, 0.15) is 0 Å². The van der Waals surface area contributed by atoms with E-state index in [0.29, 0.717) is 16.5 Å². The van der Waals surface area contributed by atoms with Crippen molar-refractivity contribution in [2.45, 2.75) is 0 Å². The zero-order chi connectivity index (χ0) is 20.7. The van der Waals surface area contributed by atoms with Crippen molar-refractivity contribution in [3.8, 4) is 11.5 Å². The molecule has 0 spiro atoms. The Morgan fingerprint density at radius 1 is 1.25 bits per heavy atom. The highest BCUT2D eigenvalue weighted by atomic mass is 35.5. The quantitative estimate of drug-likeness (QED) is 0.532. The number of halogens is 1. The number of carbonyl (C=O) groups excluding carboxylic acids is 2. The maximum Gasteiger partial charge on any atom is 0.273 e. The van der Waals surface area contributed by atoms with Gasteiger partial charge in [0.25, 0.3) is 11.6 Å². The minimum atomic E-state index is -0.560. The van der Waals surface area contributed by atoms with E-state index >= 15 is 0 Å². The summed E-state index contributed by atoms with van der Waals surface area (Å²) < 4.78 is 10.4. The second-order valence-corrected chi connectivity index (χ2v) is 6.12. The predicted molar refractivity (Wildman–Crippen MR) is 103 cm³/mol. The van der Waals surface area contributed by atoms with E-state index in [1.54, 1.807) is 12.1 Å². The van der Waals surface area contributed by atoms with E-state index in [0.717, 1.165) is 0 Å². The third kappa shape index (κ3) is 5.85. The van der Waals surface area contributed by atoms with Crippen LogP contribution in [0.2, 0.25) is 5.02 Å². The van der Waals surface area contributed by atoms with E-state index < -0.39 is 16.7 Å². The lowest BCUT2D eigenvalue weighted by molar-refractivity contribution is -0.384. The van der Waals surface area contributed by atoms with Gasteiger partial charge in [0.2, 0.25) is 5.91 Å². The van der Waals surface area contributed by atoms with Crippen molar-refractivity contribution < 1.29 is 24.0 Å². The molecule has 0 aliphatic heterocycles. The lowest BCUT2D eigenvalue weighted by Gasteiger charge is -2.18. The average molecular weight is 408 g/mol. The number of ether oxygens (including phenoxy) is 2. The maximum absolute atomic E-state index is 12.2. The fourth-order valence-electron chi connectivity index (χ4n) is 2.21. The van der Waals surface area contributed by atoms with Crippen LogP contribution < -0.4 is 14.8 Å². The van der Waals surface area contributed by atoms with Crippen LogP contribution in [0.25, 0.3) is 0 Å². The fourth-order valence-corrected chi connectivity index (χ4v) is 2.39. The van der Waals surface area contributed by atoms with Gasteiger partial charge in [-0.3, -0.25) is 19.7 Å². The summed E-state index contributed by atoms with van der Waals surface area (Å²) in [5.74, 6) is -0.309. The minimum absolute atomic E-state index is 0.145. The summed E-state index contributed by atoms with van der Waals surface area (Å²) in [6.45, 7) is -0.599. The number of likely N-dealkylation sites (N-methyl/N-ethyl adjacent to an activating group) is 1. The van der Waals surface area contributed by atoms with Gasteiger partial charge in [0.15, 0.2) is 6.61 Å². The Bertz CT molecular complexity index is 889. The third-order valence-electron chi connectivity index (χ3n) is 3.63. The molecular weight excluding hydrogens is 390 g/mol. The Balaban J connectivity index is 1.90. The van der Waals surface area contributed by atoms with Crippen LogP contribution in [0.5, 0.6) is 11.5 Å². The normalized spacial score (nSPS) is 10.1. The first-order chi connectivity index (χ1) is 13.3. The molecule has 0 radical (unpaired) electrons. The first-order valence-corrected chi connectivity index (χ1v) is 8.42. The van der Waals surface area contributed by atoms with Crippen molar-refractivity contribution in [1.82, 2.24) is 4.90 Å². The van der Waals surface area contributed by atoms with Crippen LogP contribution in [0.15, 0.2) is 42.5 Å². The first kappa shape index (κ1) is 21.0. The second-order valence-electron chi connectivity index (χ2n) is 5.69. The molecule has 0 fully saturated rings. The number of anilines is 1. The van der Waals surface area contributed by atoms with E-state index in [1.165, 1.54) is 49.4 Å². The molecule has 28 heavy (non-hydrogen) atoms. The summed E-state index contributed by atoms with van der Waals surface area (Å²) in [4.78, 5) is 35.7. The standard InChI is InChI=1S/C18H18ClN3O6/c1-21(10-17(23)20-15-8-12(19)6-7-16(15)27-2)18(24)11-28-14-5-3-4-13(9-14)22(25)26/h3-9H,10-11H2,1-2H3,(H,20,23). The molecule has 0 saturated heterocycles. The minimum Gasteiger partial charge on any atom is -0.495 e. The molecule has 0 atom stereocenters. The number of rotatable bonds is 8. The van der Waals surface area contributed by atoms with Gasteiger partial charge in [0.05, 0.1) is 30.3 Å². The Kier molecular flexibility index (Phi) is 7.16. The number of hydrogen-bond acceptors (Lipinski definition) is 6. The van der Waals surface area contributed by atoms with Crippen molar-refractivity contribution in [3.63, 3.8) is 0 Å². The molecule has 1 N–H and O–H groups in total. The molecule has 9 nitrogen and oxygen atoms in total. The molecule has 0 unspecified atom stereocenters. The Hall–Kier alpha value is -3.33. The van der Waals surface area contributed by atoms with Crippen molar-refractivity contribution in [3.05, 3.63) is 57.6 Å². The van der Waals surface area contributed by atoms with Crippen LogP contribution in [0.4, 0.5) is 11.4 Å². The molecule has 2 amide bonds. The predicted octanol–water partition coefficient (Wildman–Crippen LogP) is 2.73. The number of carbonyl (C=O) groups is 2. The average Bonchev–Trinajstić information content (AvgIpc) is 2.66. The molecule has 0 aliphatic carbocycles. The van der Waals surface area contributed by atoms with Gasteiger partial charge in [0.1, 0.15) is 11.5 Å². The lowest BCUT2D eigenvalue weighted by Crippen LogP contribution is -2.37. The van der Waals surface area contributed by atoms with Crippen LogP contribution in [0.3, 0.4) is 0 Å². The Morgan fingerprint density at radius 3 is 2.68 bits per heavy atom. The number of nitro benzene ring substituents is 1. The smallest absolute Gasteiger partial charge is 0.273 e. The molecular formula is C18H18ClN3O6. The van der Waals surface area contributed by atoms with E-state index in [9.17, 15) is 19.7 Å². The van der Waals surface area contributed by atoms with Crippen molar-refractivity contribution in [2.75, 3.05) is 32.6 Å². The maximum atomic E-state index is 12.2. The summed E-state index contributed by atoms with van der Waals surface area (Å²) in [6, 6.07) is 10.2. The molecule has 2 aromatic carbocycles. The molecule has 0 heterocycles.